The van der Waals surface area contributed by atoms with Crippen molar-refractivity contribution in [3.63, 3.8) is 0 Å². The molecule has 0 aliphatic carbocycles. The normalized spacial score (nSPS) is 16.3. The highest BCUT2D eigenvalue weighted by molar-refractivity contribution is 5.42. The van der Waals surface area contributed by atoms with Gasteiger partial charge in [-0.1, -0.05) is 0 Å². The van der Waals surface area contributed by atoms with Crippen molar-refractivity contribution in [2.24, 2.45) is 0 Å². The fourth-order valence-corrected chi connectivity index (χ4v) is 2.33. The van der Waals surface area contributed by atoms with Crippen molar-refractivity contribution in [1.29, 1.82) is 0 Å². The fraction of sp³-hybridized carbons (Fsp3) is 0.429. The predicted octanol–water partition coefficient (Wildman–Crippen LogP) is 2.82. The van der Waals surface area contributed by atoms with Crippen LogP contribution in [0.15, 0.2) is 33.1 Å². The van der Waals surface area contributed by atoms with E-state index >= 15 is 0 Å². The first-order chi connectivity index (χ1) is 8.72. The molecular weight excluding hydrogens is 228 g/mol. The minimum absolute atomic E-state index is 0.965. The molecule has 0 unspecified atom stereocenters. The molecule has 2 aromatic heterocycles. The first-order valence-electron chi connectivity index (χ1n) is 6.35. The van der Waals surface area contributed by atoms with Gasteiger partial charge in [-0.3, -0.25) is 0 Å². The first kappa shape index (κ1) is 11.3. The molecule has 0 atom stereocenters. The minimum Gasteiger partial charge on any atom is -0.446 e. The fourth-order valence-electron chi connectivity index (χ4n) is 2.33. The van der Waals surface area contributed by atoms with Gasteiger partial charge < -0.3 is 18.6 Å². The van der Waals surface area contributed by atoms with E-state index in [1.54, 1.807) is 0 Å². The summed E-state index contributed by atoms with van der Waals surface area (Å²) in [5, 5.41) is 0. The highest BCUT2D eigenvalue weighted by atomic mass is 16.4. The van der Waals surface area contributed by atoms with Crippen molar-refractivity contribution in [3.8, 4) is 0 Å². The van der Waals surface area contributed by atoms with Crippen LogP contribution in [0.1, 0.15) is 11.5 Å². The molecule has 1 fully saturated rings. The number of piperazine rings is 1. The summed E-state index contributed by atoms with van der Waals surface area (Å²) >= 11 is 0. The molecule has 0 amide bonds. The van der Waals surface area contributed by atoms with Crippen LogP contribution in [-0.4, -0.2) is 26.2 Å². The summed E-state index contributed by atoms with van der Waals surface area (Å²) in [6.07, 6.45) is 0. The van der Waals surface area contributed by atoms with E-state index in [1.165, 1.54) is 0 Å². The van der Waals surface area contributed by atoms with Crippen LogP contribution >= 0.6 is 0 Å². The molecular formula is C14H18N2O2. The molecule has 1 aliphatic rings. The van der Waals surface area contributed by atoms with E-state index in [0.717, 1.165) is 49.5 Å². The predicted molar refractivity (Wildman–Crippen MR) is 71.3 cm³/mol. The Morgan fingerprint density at radius 2 is 1.11 bits per heavy atom. The van der Waals surface area contributed by atoms with Crippen molar-refractivity contribution >= 4 is 11.8 Å². The quantitative estimate of drug-likeness (QED) is 0.815. The maximum absolute atomic E-state index is 5.65. The van der Waals surface area contributed by atoms with Crippen molar-refractivity contribution in [1.82, 2.24) is 0 Å². The van der Waals surface area contributed by atoms with Crippen LogP contribution < -0.4 is 9.80 Å². The number of aryl methyl sites for hydroxylation is 2. The van der Waals surface area contributed by atoms with Gasteiger partial charge in [-0.25, -0.2) is 0 Å². The average Bonchev–Trinajstić information content (AvgIpc) is 2.98. The maximum atomic E-state index is 5.65. The first-order valence-corrected chi connectivity index (χ1v) is 6.35. The molecule has 0 aromatic carbocycles. The van der Waals surface area contributed by atoms with Gasteiger partial charge in [-0.05, 0) is 26.0 Å². The van der Waals surface area contributed by atoms with E-state index in [4.69, 9.17) is 8.83 Å². The highest BCUT2D eigenvalue weighted by Crippen LogP contribution is 2.23. The largest absolute Gasteiger partial charge is 0.446 e. The van der Waals surface area contributed by atoms with Gasteiger partial charge in [0.2, 0.25) is 0 Å². The number of furan rings is 2. The highest BCUT2D eigenvalue weighted by Gasteiger charge is 2.20. The number of nitrogens with zero attached hydrogens (tertiary/aromatic N) is 2. The smallest absolute Gasteiger partial charge is 0.195 e. The molecule has 0 bridgehead atoms. The van der Waals surface area contributed by atoms with E-state index in [9.17, 15) is 0 Å². The summed E-state index contributed by atoms with van der Waals surface area (Å²) < 4.78 is 11.3. The molecule has 3 rings (SSSR count). The molecule has 1 saturated heterocycles. The molecule has 96 valence electrons. The maximum Gasteiger partial charge on any atom is 0.195 e. The van der Waals surface area contributed by atoms with Crippen LogP contribution in [0.4, 0.5) is 11.8 Å². The lowest BCUT2D eigenvalue weighted by molar-refractivity contribution is 0.480. The summed E-state index contributed by atoms with van der Waals surface area (Å²) in [6, 6.07) is 8.11. The molecule has 4 heteroatoms. The molecule has 0 N–H and O–H groups in total. The topological polar surface area (TPSA) is 32.8 Å². The zero-order valence-electron chi connectivity index (χ0n) is 10.8. The summed E-state index contributed by atoms with van der Waals surface area (Å²) in [5.74, 6) is 3.88. The van der Waals surface area contributed by atoms with Crippen molar-refractivity contribution in [2.75, 3.05) is 36.0 Å². The summed E-state index contributed by atoms with van der Waals surface area (Å²) in [6.45, 7) is 7.82. The zero-order valence-corrected chi connectivity index (χ0v) is 10.8. The zero-order chi connectivity index (χ0) is 12.5. The van der Waals surface area contributed by atoms with E-state index in [2.05, 4.69) is 9.80 Å². The third-order valence-electron chi connectivity index (χ3n) is 3.36. The third kappa shape index (κ3) is 2.10. The Morgan fingerprint density at radius 1 is 0.722 bits per heavy atom. The van der Waals surface area contributed by atoms with Gasteiger partial charge in [0, 0.05) is 38.3 Å². The standard InChI is InChI=1S/C14H18N2O2/c1-11-3-5-13(17-11)15-7-9-16(10-8-15)14-6-4-12(2)18-14/h3-6H,7-10H2,1-2H3. The molecule has 18 heavy (non-hydrogen) atoms. The van der Waals surface area contributed by atoms with Crippen molar-refractivity contribution in [2.45, 2.75) is 13.8 Å². The molecule has 0 spiro atoms. The third-order valence-corrected chi connectivity index (χ3v) is 3.36. The number of rotatable bonds is 2. The molecule has 0 radical (unpaired) electrons. The van der Waals surface area contributed by atoms with E-state index in [-0.39, 0.29) is 0 Å². The Morgan fingerprint density at radius 3 is 1.39 bits per heavy atom. The van der Waals surface area contributed by atoms with Gasteiger partial charge in [0.05, 0.1) is 0 Å². The molecule has 0 saturated carbocycles. The van der Waals surface area contributed by atoms with Crippen LogP contribution in [0.25, 0.3) is 0 Å². The number of anilines is 2. The number of hydrogen-bond donors (Lipinski definition) is 0. The Kier molecular flexibility index (Phi) is 2.78. The lowest BCUT2D eigenvalue weighted by atomic mass is 10.3. The second-order valence-electron chi connectivity index (χ2n) is 4.74. The van der Waals surface area contributed by atoms with Crippen molar-refractivity contribution < 1.29 is 8.83 Å². The van der Waals surface area contributed by atoms with Crippen LogP contribution in [0.5, 0.6) is 0 Å². The van der Waals surface area contributed by atoms with Gasteiger partial charge in [0.15, 0.2) is 11.8 Å². The lowest BCUT2D eigenvalue weighted by Crippen LogP contribution is -2.46. The summed E-state index contributed by atoms with van der Waals surface area (Å²) in [7, 11) is 0. The lowest BCUT2D eigenvalue weighted by Gasteiger charge is -2.34. The molecule has 2 aromatic rings. The Hall–Kier alpha value is -1.84. The second kappa shape index (κ2) is 4.44. The van der Waals surface area contributed by atoms with Crippen LogP contribution in [-0.2, 0) is 0 Å². The summed E-state index contributed by atoms with van der Waals surface area (Å²) in [4.78, 5) is 4.55. The van der Waals surface area contributed by atoms with Crippen molar-refractivity contribution in [3.05, 3.63) is 35.8 Å². The van der Waals surface area contributed by atoms with E-state index in [0.29, 0.717) is 0 Å². The van der Waals surface area contributed by atoms with Gasteiger partial charge in [0.25, 0.3) is 0 Å². The molecule has 1 aliphatic heterocycles. The Bertz CT molecular complexity index is 473. The van der Waals surface area contributed by atoms with Crippen LogP contribution in [0, 0.1) is 13.8 Å². The van der Waals surface area contributed by atoms with E-state index in [1.807, 2.05) is 38.1 Å². The SMILES string of the molecule is Cc1ccc(N2CCN(c3ccc(C)o3)CC2)o1. The van der Waals surface area contributed by atoms with Gasteiger partial charge in [-0.15, -0.1) is 0 Å². The van der Waals surface area contributed by atoms with Gasteiger partial charge >= 0.3 is 0 Å². The van der Waals surface area contributed by atoms with Crippen LogP contribution in [0.2, 0.25) is 0 Å². The van der Waals surface area contributed by atoms with Crippen LogP contribution in [0.3, 0.4) is 0 Å². The average molecular weight is 246 g/mol. The Balaban J connectivity index is 1.64. The summed E-state index contributed by atoms with van der Waals surface area (Å²) in [5.41, 5.74) is 0. The number of hydrogen-bond acceptors (Lipinski definition) is 4. The van der Waals surface area contributed by atoms with Gasteiger partial charge in [0.1, 0.15) is 11.5 Å². The monoisotopic (exact) mass is 246 g/mol. The Labute approximate surface area is 107 Å². The minimum atomic E-state index is 0.965. The van der Waals surface area contributed by atoms with Gasteiger partial charge in [-0.2, -0.15) is 0 Å². The molecule has 4 nitrogen and oxygen atoms in total. The molecule has 3 heterocycles. The second-order valence-corrected chi connectivity index (χ2v) is 4.74. The van der Waals surface area contributed by atoms with E-state index < -0.39 is 0 Å².